The Bertz CT molecular complexity index is 134. The topological polar surface area (TPSA) is 9.23 Å². The Morgan fingerprint density at radius 3 is 3.12 bits per heavy atom. The van der Waals surface area contributed by atoms with Crippen LogP contribution in [-0.4, -0.2) is 21.1 Å². The van der Waals surface area contributed by atoms with E-state index in [0.29, 0.717) is 14.5 Å². The van der Waals surface area contributed by atoms with E-state index in [9.17, 15) is 0 Å². The van der Waals surface area contributed by atoms with Gasteiger partial charge < -0.3 is 0 Å². The minimum absolute atomic E-state index is 0.574. The zero-order chi connectivity index (χ0) is 5.82. The quantitative estimate of drug-likeness (QED) is 0.612. The summed E-state index contributed by atoms with van der Waals surface area (Å²) in [5.41, 5.74) is 0. The molecular weight excluding hydrogens is 167 g/mol. The maximum atomic E-state index is 5.19. The van der Waals surface area contributed by atoms with Gasteiger partial charge in [-0.1, -0.05) is 0 Å². The Balaban J connectivity index is 2.50. The Hall–Kier alpha value is -0.201. The number of ether oxygens (including phenoxy) is 1. The molecule has 1 nitrogen and oxygen atoms in total. The fourth-order valence-corrected chi connectivity index (χ4v) is 1.70. The van der Waals surface area contributed by atoms with Crippen molar-refractivity contribution in [3.8, 4) is 5.75 Å². The van der Waals surface area contributed by atoms with Gasteiger partial charge in [0.15, 0.2) is 0 Å². The Morgan fingerprint density at radius 2 is 2.62 bits per heavy atom. The summed E-state index contributed by atoms with van der Waals surface area (Å²) in [6, 6.07) is 2.03. The third kappa shape index (κ3) is 1.39. The molecule has 0 unspecified atom stereocenters. The molecule has 0 N–H and O–H groups in total. The van der Waals surface area contributed by atoms with Gasteiger partial charge in [-0.15, -0.1) is 0 Å². The van der Waals surface area contributed by atoms with Crippen LogP contribution in [0.15, 0.2) is 15.9 Å². The van der Waals surface area contributed by atoms with E-state index < -0.39 is 0 Å². The van der Waals surface area contributed by atoms with E-state index in [1.807, 2.05) is 13.0 Å². The summed E-state index contributed by atoms with van der Waals surface area (Å²) in [6.45, 7) is 2.78. The van der Waals surface area contributed by atoms with Crippen molar-refractivity contribution >= 4 is 14.5 Å². The molecule has 2 heteroatoms. The van der Waals surface area contributed by atoms with Crippen LogP contribution in [-0.2, 0) is 0 Å². The predicted molar refractivity (Wildman–Crippen MR) is 34.6 cm³/mol. The molecule has 1 aromatic heterocycles. The fourth-order valence-electron chi connectivity index (χ4n) is 0.501. The van der Waals surface area contributed by atoms with Crippen LogP contribution in [0.5, 0.6) is 5.75 Å². The summed E-state index contributed by atoms with van der Waals surface area (Å²) in [7, 11) is 0. The molecule has 0 aromatic carbocycles. The van der Waals surface area contributed by atoms with Crippen molar-refractivity contribution in [2.75, 3.05) is 6.61 Å². The zero-order valence-electron chi connectivity index (χ0n) is 4.76. The molecule has 0 spiro atoms. The average Bonchev–Trinajstić information content (AvgIpc) is 2.19. The van der Waals surface area contributed by atoms with Crippen molar-refractivity contribution in [2.24, 2.45) is 0 Å². The number of rotatable bonds is 2. The van der Waals surface area contributed by atoms with Crippen molar-refractivity contribution in [1.82, 2.24) is 0 Å². The van der Waals surface area contributed by atoms with E-state index in [-0.39, 0.29) is 0 Å². The third-order valence-electron chi connectivity index (χ3n) is 0.806. The summed E-state index contributed by atoms with van der Waals surface area (Å²) in [5, 5.41) is 0. The first kappa shape index (κ1) is 5.93. The van der Waals surface area contributed by atoms with E-state index >= 15 is 0 Å². The van der Waals surface area contributed by atoms with Gasteiger partial charge >= 0.3 is 54.5 Å². The molecule has 0 saturated carbocycles. The van der Waals surface area contributed by atoms with Gasteiger partial charge in [-0.25, -0.2) is 0 Å². The molecule has 1 aromatic rings. The van der Waals surface area contributed by atoms with Crippen LogP contribution in [0, 0.1) is 0 Å². The molecule has 0 aliphatic carbocycles. The molecule has 0 aliphatic rings. The molecule has 0 amide bonds. The van der Waals surface area contributed by atoms with Crippen molar-refractivity contribution in [2.45, 2.75) is 6.92 Å². The van der Waals surface area contributed by atoms with Crippen molar-refractivity contribution in [1.29, 1.82) is 0 Å². The van der Waals surface area contributed by atoms with Crippen LogP contribution in [0.2, 0.25) is 0 Å². The Morgan fingerprint density at radius 1 is 1.75 bits per heavy atom. The minimum atomic E-state index is 0.574. The second-order valence-corrected chi connectivity index (χ2v) is 3.03. The van der Waals surface area contributed by atoms with Gasteiger partial charge in [-0.2, -0.15) is 0 Å². The molecule has 44 valence electrons. The van der Waals surface area contributed by atoms with Crippen molar-refractivity contribution in [3.63, 3.8) is 0 Å². The van der Waals surface area contributed by atoms with Gasteiger partial charge in [0.25, 0.3) is 0 Å². The SMILES string of the molecule is CCOc1cc[se]c1. The molecule has 0 fully saturated rings. The molecular formula is C6H8OSe. The first-order valence-electron chi connectivity index (χ1n) is 2.58. The van der Waals surface area contributed by atoms with Crippen LogP contribution in [0.4, 0.5) is 0 Å². The van der Waals surface area contributed by atoms with Crippen LogP contribution >= 0.6 is 0 Å². The molecule has 0 saturated heterocycles. The Kier molecular flexibility index (Phi) is 2.19. The molecule has 0 atom stereocenters. The summed E-state index contributed by atoms with van der Waals surface area (Å²) in [4.78, 5) is 4.29. The van der Waals surface area contributed by atoms with Crippen molar-refractivity contribution < 1.29 is 4.74 Å². The number of hydrogen-bond donors (Lipinski definition) is 0. The monoisotopic (exact) mass is 176 g/mol. The molecule has 0 radical (unpaired) electrons. The second-order valence-electron chi connectivity index (χ2n) is 1.39. The van der Waals surface area contributed by atoms with Gasteiger partial charge in [0.05, 0.1) is 0 Å². The van der Waals surface area contributed by atoms with Crippen LogP contribution in [0.1, 0.15) is 6.92 Å². The summed E-state index contributed by atoms with van der Waals surface area (Å²) >= 11 is 0.574. The van der Waals surface area contributed by atoms with Crippen LogP contribution < -0.4 is 4.74 Å². The molecule has 0 aliphatic heterocycles. The first-order chi connectivity index (χ1) is 3.93. The van der Waals surface area contributed by atoms with Gasteiger partial charge in [-0.05, 0) is 0 Å². The normalized spacial score (nSPS) is 9.12. The molecule has 1 heterocycles. The van der Waals surface area contributed by atoms with E-state index in [2.05, 4.69) is 9.88 Å². The number of hydrogen-bond acceptors (Lipinski definition) is 1. The van der Waals surface area contributed by atoms with Crippen molar-refractivity contribution in [3.05, 3.63) is 15.9 Å². The van der Waals surface area contributed by atoms with Gasteiger partial charge in [0, 0.05) is 0 Å². The summed E-state index contributed by atoms with van der Waals surface area (Å²) < 4.78 is 5.19. The average molecular weight is 175 g/mol. The Labute approximate surface area is 55.0 Å². The standard InChI is InChI=1S/C6H8OSe/c1-2-7-6-3-4-8-5-6/h3-5H,2H2,1H3. The first-order valence-corrected chi connectivity index (χ1v) is 4.56. The fraction of sp³-hybridized carbons (Fsp3) is 0.333. The van der Waals surface area contributed by atoms with E-state index in [1.54, 1.807) is 0 Å². The van der Waals surface area contributed by atoms with Gasteiger partial charge in [-0.3, -0.25) is 0 Å². The van der Waals surface area contributed by atoms with Gasteiger partial charge in [0.1, 0.15) is 0 Å². The summed E-state index contributed by atoms with van der Waals surface area (Å²) in [6.07, 6.45) is 0. The zero-order valence-corrected chi connectivity index (χ0v) is 6.47. The van der Waals surface area contributed by atoms with Crippen LogP contribution in [0.3, 0.4) is 0 Å². The maximum absolute atomic E-state index is 5.19. The van der Waals surface area contributed by atoms with E-state index in [0.717, 1.165) is 12.4 Å². The van der Waals surface area contributed by atoms with Gasteiger partial charge in [0.2, 0.25) is 0 Å². The molecule has 1 rings (SSSR count). The predicted octanol–water partition coefficient (Wildman–Crippen LogP) is 1.14. The molecule has 0 bridgehead atoms. The third-order valence-corrected chi connectivity index (χ3v) is 2.19. The molecule has 8 heavy (non-hydrogen) atoms. The second kappa shape index (κ2) is 2.95. The van der Waals surface area contributed by atoms with Crippen LogP contribution in [0.25, 0.3) is 0 Å². The van der Waals surface area contributed by atoms with E-state index in [1.165, 1.54) is 0 Å². The summed E-state index contributed by atoms with van der Waals surface area (Å²) in [5.74, 6) is 1.05. The van der Waals surface area contributed by atoms with E-state index in [4.69, 9.17) is 4.74 Å².